The number of thiazole rings is 1. The van der Waals surface area contributed by atoms with Gasteiger partial charge in [-0.1, -0.05) is 12.1 Å². The van der Waals surface area contributed by atoms with Crippen LogP contribution in [-0.2, 0) is 9.59 Å². The van der Waals surface area contributed by atoms with E-state index in [0.717, 1.165) is 0 Å². The van der Waals surface area contributed by atoms with Gasteiger partial charge in [-0.25, -0.2) is 9.37 Å². The van der Waals surface area contributed by atoms with Gasteiger partial charge < -0.3 is 9.84 Å². The van der Waals surface area contributed by atoms with Crippen molar-refractivity contribution in [3.8, 4) is 5.75 Å². The number of aliphatic hydroxyl groups excluding tert-OH is 1. The molecule has 8 heteroatoms. The van der Waals surface area contributed by atoms with Crippen LogP contribution in [0.4, 0.5) is 9.52 Å². The maximum absolute atomic E-state index is 13.3. The zero-order valence-electron chi connectivity index (χ0n) is 15.9. The Balaban J connectivity index is 1.92. The molecule has 3 aromatic rings. The molecule has 0 aliphatic carbocycles. The monoisotopic (exact) mass is 424 g/mol. The van der Waals surface area contributed by atoms with Crippen LogP contribution in [0.25, 0.3) is 5.76 Å². The number of halogens is 1. The first-order valence-electron chi connectivity index (χ1n) is 9.20. The first-order chi connectivity index (χ1) is 14.5. The number of ketones is 1. The molecule has 1 fully saturated rings. The van der Waals surface area contributed by atoms with Crippen LogP contribution in [0.5, 0.6) is 5.75 Å². The van der Waals surface area contributed by atoms with Crippen LogP contribution in [0.15, 0.2) is 65.7 Å². The topological polar surface area (TPSA) is 79.7 Å². The average molecular weight is 424 g/mol. The van der Waals surface area contributed by atoms with Gasteiger partial charge in [-0.05, 0) is 48.9 Å². The number of Topliss-reactive ketones (excluding diaryl/α,β-unsaturated/α-hetero) is 1. The number of carbonyl (C=O) groups excluding carboxylic acids is 2. The number of aliphatic hydroxyl groups is 1. The van der Waals surface area contributed by atoms with Gasteiger partial charge in [0.1, 0.15) is 17.3 Å². The van der Waals surface area contributed by atoms with Crippen LogP contribution >= 0.6 is 11.3 Å². The minimum Gasteiger partial charge on any atom is -0.507 e. The lowest BCUT2D eigenvalue weighted by atomic mass is 9.95. The zero-order chi connectivity index (χ0) is 21.3. The molecule has 6 nitrogen and oxygen atoms in total. The second-order valence-electron chi connectivity index (χ2n) is 6.50. The van der Waals surface area contributed by atoms with Gasteiger partial charge in [0.25, 0.3) is 5.78 Å². The van der Waals surface area contributed by atoms with Crippen LogP contribution in [0.1, 0.15) is 24.1 Å². The van der Waals surface area contributed by atoms with Crippen LogP contribution in [0, 0.1) is 5.82 Å². The lowest BCUT2D eigenvalue weighted by Crippen LogP contribution is -2.29. The number of hydrogen-bond acceptors (Lipinski definition) is 6. The van der Waals surface area contributed by atoms with Crippen molar-refractivity contribution in [3.63, 3.8) is 0 Å². The van der Waals surface area contributed by atoms with Crippen molar-refractivity contribution >= 4 is 33.9 Å². The number of rotatable bonds is 5. The van der Waals surface area contributed by atoms with E-state index >= 15 is 0 Å². The quantitative estimate of drug-likeness (QED) is 0.375. The van der Waals surface area contributed by atoms with E-state index in [1.807, 2.05) is 6.92 Å². The first kappa shape index (κ1) is 19.8. The maximum Gasteiger partial charge on any atom is 0.301 e. The summed E-state index contributed by atoms with van der Waals surface area (Å²) in [5.74, 6) is -1.91. The molecule has 1 N–H and O–H groups in total. The van der Waals surface area contributed by atoms with Crippen LogP contribution < -0.4 is 9.64 Å². The molecule has 1 amide bonds. The van der Waals surface area contributed by atoms with Crippen molar-refractivity contribution in [2.24, 2.45) is 0 Å². The van der Waals surface area contributed by atoms with Gasteiger partial charge in [-0.2, -0.15) is 0 Å². The average Bonchev–Trinajstić information content (AvgIpc) is 3.36. The molecule has 1 saturated heterocycles. The number of benzene rings is 2. The third kappa shape index (κ3) is 3.46. The standard InChI is InChI=1S/C22H17FN2O4S/c1-2-29-16-5-3-4-14(12-16)18-17(19(26)13-6-8-15(23)9-7-13)20(27)21(28)25(18)22-24-10-11-30-22/h3-12,18,26H,2H2,1H3. The number of anilines is 1. The molecule has 0 saturated carbocycles. The molecule has 1 unspecified atom stereocenters. The predicted molar refractivity (Wildman–Crippen MR) is 111 cm³/mol. The van der Waals surface area contributed by atoms with E-state index in [1.54, 1.807) is 29.6 Å². The summed E-state index contributed by atoms with van der Waals surface area (Å²) >= 11 is 1.21. The van der Waals surface area contributed by atoms with Gasteiger partial charge in [0.15, 0.2) is 5.13 Å². The van der Waals surface area contributed by atoms with Crippen LogP contribution in [0.3, 0.4) is 0 Å². The highest BCUT2D eigenvalue weighted by molar-refractivity contribution is 7.14. The molecule has 1 atom stereocenters. The number of aromatic nitrogens is 1. The highest BCUT2D eigenvalue weighted by Gasteiger charge is 2.48. The van der Waals surface area contributed by atoms with E-state index in [9.17, 15) is 19.1 Å². The molecule has 0 radical (unpaired) electrons. The molecule has 0 spiro atoms. The van der Waals surface area contributed by atoms with Gasteiger partial charge >= 0.3 is 5.91 Å². The minimum atomic E-state index is -0.901. The zero-order valence-corrected chi connectivity index (χ0v) is 16.7. The summed E-state index contributed by atoms with van der Waals surface area (Å²) in [5, 5.41) is 13.0. The fourth-order valence-electron chi connectivity index (χ4n) is 3.38. The van der Waals surface area contributed by atoms with Gasteiger partial charge in [0, 0.05) is 17.1 Å². The number of hydrogen-bond donors (Lipinski definition) is 1. The van der Waals surface area contributed by atoms with Gasteiger partial charge in [0.05, 0.1) is 18.2 Å². The fraction of sp³-hybridized carbons (Fsp3) is 0.136. The van der Waals surface area contributed by atoms with Gasteiger partial charge in [0.2, 0.25) is 0 Å². The van der Waals surface area contributed by atoms with E-state index in [2.05, 4.69) is 4.98 Å². The van der Waals surface area contributed by atoms with Crippen molar-refractivity contribution in [1.29, 1.82) is 0 Å². The van der Waals surface area contributed by atoms with Crippen LogP contribution in [-0.4, -0.2) is 28.4 Å². The summed E-state index contributed by atoms with van der Waals surface area (Å²) in [6.45, 7) is 2.30. The Bertz CT molecular complexity index is 1130. The predicted octanol–water partition coefficient (Wildman–Crippen LogP) is 4.31. The van der Waals surface area contributed by atoms with Crippen molar-refractivity contribution < 1.29 is 23.8 Å². The van der Waals surface area contributed by atoms with Crippen molar-refractivity contribution in [2.75, 3.05) is 11.5 Å². The summed E-state index contributed by atoms with van der Waals surface area (Å²) in [6, 6.07) is 11.2. The lowest BCUT2D eigenvalue weighted by Gasteiger charge is -2.23. The maximum atomic E-state index is 13.3. The summed E-state index contributed by atoms with van der Waals surface area (Å²) in [4.78, 5) is 31.3. The van der Waals surface area contributed by atoms with Crippen molar-refractivity contribution in [3.05, 3.63) is 82.6 Å². The minimum absolute atomic E-state index is 0.0875. The summed E-state index contributed by atoms with van der Waals surface area (Å²) < 4.78 is 18.9. The third-order valence-corrected chi connectivity index (χ3v) is 5.44. The summed E-state index contributed by atoms with van der Waals surface area (Å²) in [7, 11) is 0. The number of nitrogens with zero attached hydrogens (tertiary/aromatic N) is 2. The van der Waals surface area contributed by atoms with Gasteiger partial charge in [-0.3, -0.25) is 14.5 Å². The Morgan fingerprint density at radius 3 is 2.67 bits per heavy atom. The molecule has 0 bridgehead atoms. The molecule has 1 aliphatic rings. The SMILES string of the molecule is CCOc1cccc(C2C(=C(O)c3ccc(F)cc3)C(=O)C(=O)N2c2nccs2)c1. The molecule has 2 aromatic carbocycles. The van der Waals surface area contributed by atoms with E-state index in [-0.39, 0.29) is 16.9 Å². The summed E-state index contributed by atoms with van der Waals surface area (Å²) in [6.07, 6.45) is 1.53. The molecule has 30 heavy (non-hydrogen) atoms. The lowest BCUT2D eigenvalue weighted by molar-refractivity contribution is -0.132. The third-order valence-electron chi connectivity index (χ3n) is 4.67. The Hall–Kier alpha value is -3.52. The molecule has 2 heterocycles. The number of ether oxygens (including phenoxy) is 1. The van der Waals surface area contributed by atoms with Crippen molar-refractivity contribution in [2.45, 2.75) is 13.0 Å². The smallest absolute Gasteiger partial charge is 0.301 e. The van der Waals surface area contributed by atoms with E-state index in [4.69, 9.17) is 4.74 Å². The van der Waals surface area contributed by atoms with Crippen molar-refractivity contribution in [1.82, 2.24) is 4.98 Å². The highest BCUT2D eigenvalue weighted by atomic mass is 32.1. The fourth-order valence-corrected chi connectivity index (χ4v) is 4.05. The summed E-state index contributed by atoms with van der Waals surface area (Å²) in [5.41, 5.74) is 0.731. The molecular formula is C22H17FN2O4S. The molecule has 1 aliphatic heterocycles. The highest BCUT2D eigenvalue weighted by Crippen LogP contribution is 2.43. The van der Waals surface area contributed by atoms with Gasteiger partial charge in [-0.15, -0.1) is 11.3 Å². The van der Waals surface area contributed by atoms with E-state index < -0.39 is 23.5 Å². The largest absolute Gasteiger partial charge is 0.507 e. The molecule has 4 rings (SSSR count). The molecule has 1 aromatic heterocycles. The Morgan fingerprint density at radius 2 is 2.00 bits per heavy atom. The second kappa shape index (κ2) is 8.08. The number of amides is 1. The number of carbonyl (C=O) groups is 2. The normalized spacial score (nSPS) is 18.1. The van der Waals surface area contributed by atoms with Crippen LogP contribution in [0.2, 0.25) is 0 Å². The first-order valence-corrected chi connectivity index (χ1v) is 10.1. The van der Waals surface area contributed by atoms with E-state index in [0.29, 0.717) is 23.1 Å². The Kier molecular flexibility index (Phi) is 5.33. The second-order valence-corrected chi connectivity index (χ2v) is 7.37. The Labute approximate surface area is 175 Å². The molecule has 152 valence electrons. The molecular weight excluding hydrogens is 407 g/mol. The van der Waals surface area contributed by atoms with E-state index in [1.165, 1.54) is 46.7 Å². The Morgan fingerprint density at radius 1 is 1.23 bits per heavy atom.